The molecule has 1 aliphatic heterocycles. The summed E-state index contributed by atoms with van der Waals surface area (Å²) in [7, 11) is 1.30. The third-order valence-electron chi connectivity index (χ3n) is 1.88. The van der Waals surface area contributed by atoms with Gasteiger partial charge in [0.1, 0.15) is 11.3 Å². The summed E-state index contributed by atoms with van der Waals surface area (Å²) in [6.45, 7) is 0. The molecule has 0 spiro atoms. The van der Waals surface area contributed by atoms with Gasteiger partial charge in [0, 0.05) is 5.75 Å². The van der Waals surface area contributed by atoms with Crippen LogP contribution >= 0.6 is 0 Å². The van der Waals surface area contributed by atoms with Crippen molar-refractivity contribution in [2.75, 3.05) is 7.11 Å². The van der Waals surface area contributed by atoms with Crippen LogP contribution in [0.2, 0.25) is 0 Å². The zero-order valence-corrected chi connectivity index (χ0v) is 7.14. The van der Waals surface area contributed by atoms with E-state index in [4.69, 9.17) is 4.74 Å². The van der Waals surface area contributed by atoms with Gasteiger partial charge in [-0.25, -0.2) is 4.79 Å². The van der Waals surface area contributed by atoms with Crippen LogP contribution in [0.5, 0.6) is 11.5 Å². The van der Waals surface area contributed by atoms with Gasteiger partial charge in [0.05, 0.1) is 12.0 Å². The van der Waals surface area contributed by atoms with Crippen molar-refractivity contribution in [3.63, 3.8) is 0 Å². The highest BCUT2D eigenvalue weighted by atomic mass is 16.8. The molecule has 0 aromatic heterocycles. The number of hydrogen-bond donors (Lipinski definition) is 0. The van der Waals surface area contributed by atoms with Gasteiger partial charge in [0.25, 0.3) is 4.92 Å². The molecule has 1 heterocycles. The second kappa shape index (κ2) is 2.69. The normalized spacial score (nSPS) is 13.8. The van der Waals surface area contributed by atoms with Gasteiger partial charge in [-0.15, -0.1) is 4.84 Å². The molecule has 0 atom stereocenters. The molecule has 1 aromatic carbocycles. The lowest BCUT2D eigenvalue weighted by molar-refractivity contribution is -0.708. The molecule has 14 heavy (non-hydrogen) atoms. The number of carbonyl (C=O) groups excluding carboxylic acids is 1. The van der Waals surface area contributed by atoms with E-state index in [1.165, 1.54) is 19.2 Å². The van der Waals surface area contributed by atoms with Crippen LogP contribution in [0, 0.1) is 4.91 Å². The average Bonchev–Trinajstić information content (AvgIpc) is 2.44. The first-order chi connectivity index (χ1) is 6.65. The number of ether oxygens (including phenoxy) is 1. The van der Waals surface area contributed by atoms with Crippen LogP contribution in [0.1, 0.15) is 10.4 Å². The molecule has 2 rings (SSSR count). The van der Waals surface area contributed by atoms with E-state index in [2.05, 4.69) is 4.84 Å². The van der Waals surface area contributed by atoms with Crippen molar-refractivity contribution >= 4 is 11.7 Å². The first-order valence-corrected chi connectivity index (χ1v) is 3.72. The summed E-state index contributed by atoms with van der Waals surface area (Å²) in [5, 5.41) is 11.4. The van der Waals surface area contributed by atoms with Crippen LogP contribution in [0.4, 0.5) is 5.69 Å². The molecule has 0 radical (unpaired) electrons. The van der Waals surface area contributed by atoms with E-state index >= 15 is 0 Å². The predicted octanol–water partition coefficient (Wildman–Crippen LogP) is 0.265. The molecular formula is C8H5NO5. The van der Waals surface area contributed by atoms with Crippen LogP contribution in [-0.4, -0.2) is 18.0 Å². The molecule has 1 aliphatic rings. The van der Waals surface area contributed by atoms with Gasteiger partial charge < -0.3 is 9.84 Å². The van der Waals surface area contributed by atoms with Crippen LogP contribution in [-0.2, 0) is 4.84 Å². The Balaban J connectivity index is 2.70. The minimum atomic E-state index is -0.824. The van der Waals surface area contributed by atoms with Gasteiger partial charge in [-0.05, 0) is 12.1 Å². The van der Waals surface area contributed by atoms with E-state index < -0.39 is 11.7 Å². The van der Waals surface area contributed by atoms with Crippen molar-refractivity contribution < 1.29 is 24.4 Å². The van der Waals surface area contributed by atoms with Crippen molar-refractivity contribution in [2.45, 2.75) is 0 Å². The summed E-state index contributed by atoms with van der Waals surface area (Å²) in [4.78, 5) is 26.1. The second-order valence-corrected chi connectivity index (χ2v) is 2.63. The zero-order chi connectivity index (χ0) is 10.3. The molecule has 6 heteroatoms. The smallest absolute Gasteiger partial charge is 0.423 e. The van der Waals surface area contributed by atoms with Crippen LogP contribution in [0.15, 0.2) is 12.1 Å². The van der Waals surface area contributed by atoms with E-state index in [1.807, 2.05) is 0 Å². The molecule has 0 bridgehead atoms. The van der Waals surface area contributed by atoms with Gasteiger partial charge >= 0.3 is 11.7 Å². The first kappa shape index (κ1) is 8.49. The topological polar surface area (TPSA) is 78.7 Å². The highest BCUT2D eigenvalue weighted by Gasteiger charge is 2.40. The Hall–Kier alpha value is -2.11. The third-order valence-corrected chi connectivity index (χ3v) is 1.88. The summed E-state index contributed by atoms with van der Waals surface area (Å²) in [6, 6.07) is 2.64. The van der Waals surface area contributed by atoms with E-state index in [1.54, 1.807) is 0 Å². The molecule has 0 amide bonds. The van der Waals surface area contributed by atoms with Crippen molar-refractivity contribution in [1.82, 2.24) is 0 Å². The van der Waals surface area contributed by atoms with Gasteiger partial charge in [0.2, 0.25) is 0 Å². The lowest BCUT2D eigenvalue weighted by atomic mass is 10.1. The minimum absolute atomic E-state index is 0.00269. The number of fused-ring (bicyclic) bond motifs is 1. The van der Waals surface area contributed by atoms with Crippen molar-refractivity contribution in [3.8, 4) is 11.5 Å². The predicted molar refractivity (Wildman–Crippen MR) is 41.1 cm³/mol. The lowest BCUT2D eigenvalue weighted by Gasteiger charge is -2.08. The van der Waals surface area contributed by atoms with Crippen LogP contribution in [0.3, 0.4) is 0 Å². The highest BCUT2D eigenvalue weighted by molar-refractivity contribution is 5.97. The van der Waals surface area contributed by atoms with E-state index in [-0.39, 0.29) is 21.9 Å². The van der Waals surface area contributed by atoms with E-state index in [9.17, 15) is 14.8 Å². The number of hydrogen-bond acceptors (Lipinski definition) is 5. The Labute approximate surface area is 78.2 Å². The van der Waals surface area contributed by atoms with Gasteiger partial charge in [-0.1, -0.05) is 0 Å². The largest absolute Gasteiger partial charge is 0.865 e. The Morgan fingerprint density at radius 2 is 2.21 bits per heavy atom. The number of benzene rings is 1. The summed E-state index contributed by atoms with van der Waals surface area (Å²) in [5.74, 6) is -1.47. The molecular weight excluding hydrogens is 190 g/mol. The average molecular weight is 195 g/mol. The Morgan fingerprint density at radius 3 is 2.86 bits per heavy atom. The third kappa shape index (κ3) is 0.936. The summed E-state index contributed by atoms with van der Waals surface area (Å²) in [5.41, 5.74) is -0.361. The van der Waals surface area contributed by atoms with E-state index in [0.29, 0.717) is 0 Å². The number of nitrogens with zero attached hydrogens (tertiary/aromatic N) is 1. The summed E-state index contributed by atoms with van der Waals surface area (Å²) < 4.78 is 4.71. The number of methoxy groups -OCH3 is 1. The Kier molecular flexibility index (Phi) is 1.63. The highest BCUT2D eigenvalue weighted by Crippen LogP contribution is 2.39. The molecule has 0 aliphatic carbocycles. The molecule has 0 saturated carbocycles. The van der Waals surface area contributed by atoms with Crippen LogP contribution in [0.25, 0.3) is 0 Å². The zero-order valence-electron chi connectivity index (χ0n) is 7.14. The maximum atomic E-state index is 11.4. The molecule has 72 valence electrons. The lowest BCUT2D eigenvalue weighted by Crippen LogP contribution is -2.00. The number of rotatable bonds is 1. The first-order valence-electron chi connectivity index (χ1n) is 3.72. The Morgan fingerprint density at radius 1 is 1.50 bits per heavy atom. The van der Waals surface area contributed by atoms with Crippen LogP contribution < -0.4 is 9.84 Å². The number of carbonyl (C=O) groups is 1. The molecule has 0 saturated heterocycles. The van der Waals surface area contributed by atoms with Gasteiger partial charge in [0.15, 0.2) is 0 Å². The maximum Gasteiger partial charge on any atom is 0.423 e. The summed E-state index contributed by atoms with van der Waals surface area (Å²) in [6.07, 6.45) is 0. The standard InChI is InChI=1S/C8H5NO5/c1-13-5-3-2-4-6(7(5)10)9(12)14-8(4)11/h2-3H,1H3. The van der Waals surface area contributed by atoms with Gasteiger partial charge in [-0.3, -0.25) is 0 Å². The van der Waals surface area contributed by atoms with Gasteiger partial charge in [-0.2, -0.15) is 0 Å². The molecule has 6 nitrogen and oxygen atoms in total. The second-order valence-electron chi connectivity index (χ2n) is 2.63. The summed E-state index contributed by atoms with van der Waals surface area (Å²) >= 11 is 0. The van der Waals surface area contributed by atoms with Crippen molar-refractivity contribution in [1.29, 1.82) is 0 Å². The Bertz CT molecular complexity index is 440. The van der Waals surface area contributed by atoms with E-state index in [0.717, 1.165) is 0 Å². The molecule has 0 fully saturated rings. The van der Waals surface area contributed by atoms with Crippen molar-refractivity contribution in [2.24, 2.45) is 0 Å². The fourth-order valence-electron chi connectivity index (χ4n) is 1.23. The van der Waals surface area contributed by atoms with Crippen molar-refractivity contribution in [3.05, 3.63) is 22.6 Å². The minimum Gasteiger partial charge on any atom is -0.865 e. The fraction of sp³-hybridized carbons (Fsp3) is 0.125. The quantitative estimate of drug-likeness (QED) is 0.642. The molecule has 0 unspecified atom stereocenters. The maximum absolute atomic E-state index is 11.4. The SMILES string of the molecule is COc1ccc2c(c1[O-])[N+](=O)OC2=O. The molecule has 1 aromatic rings. The molecule has 0 N–H and O–H groups in total. The fourth-order valence-corrected chi connectivity index (χ4v) is 1.23. The monoisotopic (exact) mass is 195 g/mol.